The van der Waals surface area contributed by atoms with Gasteiger partial charge in [-0.1, -0.05) is 48.5 Å². The van der Waals surface area contributed by atoms with E-state index in [1.807, 2.05) is 36.4 Å². The van der Waals surface area contributed by atoms with Crippen molar-refractivity contribution in [3.63, 3.8) is 0 Å². The van der Waals surface area contributed by atoms with Crippen LogP contribution in [-0.4, -0.2) is 70.1 Å². The number of carbonyl (C=O) groups is 3. The van der Waals surface area contributed by atoms with Gasteiger partial charge < -0.3 is 30.6 Å². The molecule has 13 nitrogen and oxygen atoms in total. The van der Waals surface area contributed by atoms with Crippen molar-refractivity contribution in [3.8, 4) is 0 Å². The molecule has 0 spiro atoms. The summed E-state index contributed by atoms with van der Waals surface area (Å²) < 4.78 is 17.7. The molecule has 0 radical (unpaired) electrons. The summed E-state index contributed by atoms with van der Waals surface area (Å²) >= 11 is 0. The maximum Gasteiger partial charge on any atom is 0.407 e. The molecule has 4 N–H and O–H groups in total. The maximum absolute atomic E-state index is 12.6. The number of nitrogens with zero attached hydrogens (tertiary/aromatic N) is 4. The second-order valence-corrected chi connectivity index (χ2v) is 9.78. The van der Waals surface area contributed by atoms with Gasteiger partial charge in [0.2, 0.25) is 5.91 Å². The fourth-order valence-corrected chi connectivity index (χ4v) is 3.53. The standard InChI is InChI=1S/C28H37N7O6/c1-28(2,29)26(37)31-23(20-39-19-21-11-5-3-6-12-21)24-32-33-34-35(24)16-18-41-27(38)30-15-9-10-17-40-25(36)22-13-7-4-8-14-22/h3-8,11-14,23H,9-10,15-20,29H2,1-2H3,(H,30,38)(H,31,37)/t23-/m1/s1. The van der Waals surface area contributed by atoms with E-state index in [-0.39, 0.29) is 32.3 Å². The summed E-state index contributed by atoms with van der Waals surface area (Å²) in [6.45, 7) is 4.38. The predicted molar refractivity (Wildman–Crippen MR) is 148 cm³/mol. The lowest BCUT2D eigenvalue weighted by molar-refractivity contribution is -0.126. The van der Waals surface area contributed by atoms with Gasteiger partial charge in [0.05, 0.1) is 37.5 Å². The van der Waals surface area contributed by atoms with Gasteiger partial charge in [-0.3, -0.25) is 4.79 Å². The third-order valence-electron chi connectivity index (χ3n) is 5.78. The first-order valence-corrected chi connectivity index (χ1v) is 13.3. The number of esters is 1. The topological polar surface area (TPSA) is 173 Å². The van der Waals surface area contributed by atoms with Crippen LogP contribution in [0.25, 0.3) is 0 Å². The van der Waals surface area contributed by atoms with Crippen molar-refractivity contribution >= 4 is 18.0 Å². The van der Waals surface area contributed by atoms with E-state index in [0.717, 1.165) is 5.56 Å². The fraction of sp³-hybridized carbons (Fsp3) is 0.429. The van der Waals surface area contributed by atoms with Crippen molar-refractivity contribution < 1.29 is 28.6 Å². The quantitative estimate of drug-likeness (QED) is 0.172. The highest BCUT2D eigenvalue weighted by Gasteiger charge is 2.28. The number of hydrogen-bond donors (Lipinski definition) is 3. The lowest BCUT2D eigenvalue weighted by Gasteiger charge is -2.23. The van der Waals surface area contributed by atoms with E-state index in [1.165, 1.54) is 4.68 Å². The number of rotatable bonds is 16. The first kappa shape index (κ1) is 31.2. The van der Waals surface area contributed by atoms with E-state index in [1.54, 1.807) is 38.1 Å². The third-order valence-corrected chi connectivity index (χ3v) is 5.78. The van der Waals surface area contributed by atoms with Crippen LogP contribution in [-0.2, 0) is 32.2 Å². The van der Waals surface area contributed by atoms with Crippen LogP contribution in [0.2, 0.25) is 0 Å². The molecule has 220 valence electrons. The number of benzene rings is 2. The van der Waals surface area contributed by atoms with Crippen LogP contribution in [0, 0.1) is 0 Å². The lowest BCUT2D eigenvalue weighted by Crippen LogP contribution is -2.51. The highest BCUT2D eigenvalue weighted by Crippen LogP contribution is 2.13. The Morgan fingerprint density at radius 1 is 0.976 bits per heavy atom. The SMILES string of the molecule is CC(C)(N)C(=O)N[C@H](COCc1ccccc1)c1nnnn1CCOC(=O)NCCCCOC(=O)c1ccccc1. The molecule has 0 aliphatic carbocycles. The van der Waals surface area contributed by atoms with Crippen molar-refractivity contribution in [2.24, 2.45) is 5.73 Å². The lowest BCUT2D eigenvalue weighted by atomic mass is 10.1. The maximum atomic E-state index is 12.6. The Morgan fingerprint density at radius 2 is 1.68 bits per heavy atom. The number of ether oxygens (including phenoxy) is 3. The number of carbonyl (C=O) groups excluding carboxylic acids is 3. The Bertz CT molecular complexity index is 1230. The van der Waals surface area contributed by atoms with Crippen LogP contribution in [0.1, 0.15) is 54.5 Å². The average Bonchev–Trinajstić information content (AvgIpc) is 3.43. The highest BCUT2D eigenvalue weighted by molar-refractivity contribution is 5.89. The molecule has 41 heavy (non-hydrogen) atoms. The molecular weight excluding hydrogens is 530 g/mol. The number of nitrogens with two attached hydrogens (primary N) is 1. The Kier molecular flexibility index (Phi) is 12.2. The molecule has 1 aromatic heterocycles. The van der Waals surface area contributed by atoms with E-state index < -0.39 is 23.6 Å². The van der Waals surface area contributed by atoms with Gasteiger partial charge in [-0.25, -0.2) is 14.3 Å². The summed E-state index contributed by atoms with van der Waals surface area (Å²) in [6.07, 6.45) is 0.601. The van der Waals surface area contributed by atoms with Crippen LogP contribution < -0.4 is 16.4 Å². The molecule has 3 aromatic rings. The summed E-state index contributed by atoms with van der Waals surface area (Å²) in [7, 11) is 0. The normalized spacial score (nSPS) is 11.9. The zero-order chi connectivity index (χ0) is 29.5. The molecule has 0 saturated carbocycles. The first-order valence-electron chi connectivity index (χ1n) is 13.3. The minimum absolute atomic E-state index is 0.00746. The molecule has 1 atom stereocenters. The van der Waals surface area contributed by atoms with Crippen molar-refractivity contribution in [1.29, 1.82) is 0 Å². The summed E-state index contributed by atoms with van der Waals surface area (Å²) in [5.74, 6) is -0.438. The minimum atomic E-state index is -1.12. The molecule has 0 saturated heterocycles. The number of unbranched alkanes of at least 4 members (excludes halogenated alkanes) is 1. The number of tetrazole rings is 1. The Balaban J connectivity index is 1.40. The molecule has 3 rings (SSSR count). The number of nitrogens with one attached hydrogen (secondary N) is 2. The van der Waals surface area contributed by atoms with Gasteiger partial charge in [-0.15, -0.1) is 5.10 Å². The van der Waals surface area contributed by atoms with Crippen LogP contribution in [0.15, 0.2) is 60.7 Å². The zero-order valence-corrected chi connectivity index (χ0v) is 23.3. The second-order valence-electron chi connectivity index (χ2n) is 9.78. The summed E-state index contributed by atoms with van der Waals surface area (Å²) in [5, 5.41) is 17.2. The average molecular weight is 568 g/mol. The summed E-state index contributed by atoms with van der Waals surface area (Å²) in [5.41, 5.74) is 6.31. The third kappa shape index (κ3) is 11.0. The van der Waals surface area contributed by atoms with Gasteiger partial charge in [-0.2, -0.15) is 0 Å². The van der Waals surface area contributed by atoms with Gasteiger partial charge in [0.15, 0.2) is 5.82 Å². The zero-order valence-electron chi connectivity index (χ0n) is 23.3. The summed E-state index contributed by atoms with van der Waals surface area (Å²) in [6, 6.07) is 17.7. The smallest absolute Gasteiger partial charge is 0.407 e. The summed E-state index contributed by atoms with van der Waals surface area (Å²) in [4.78, 5) is 36.6. The van der Waals surface area contributed by atoms with Crippen LogP contribution in [0.4, 0.5) is 4.79 Å². The first-order chi connectivity index (χ1) is 19.7. The van der Waals surface area contributed by atoms with E-state index >= 15 is 0 Å². The Labute approximate surface area is 238 Å². The number of aromatic nitrogens is 4. The predicted octanol–water partition coefficient (Wildman–Crippen LogP) is 2.15. The van der Waals surface area contributed by atoms with Crippen molar-refractivity contribution in [3.05, 3.63) is 77.6 Å². The number of hydrogen-bond acceptors (Lipinski definition) is 10. The molecule has 0 fully saturated rings. The van der Waals surface area contributed by atoms with Crippen LogP contribution in [0.5, 0.6) is 0 Å². The molecule has 0 unspecified atom stereocenters. The molecule has 1 heterocycles. The Morgan fingerprint density at radius 3 is 2.39 bits per heavy atom. The van der Waals surface area contributed by atoms with Crippen LogP contribution in [0.3, 0.4) is 0 Å². The number of alkyl carbamates (subject to hydrolysis) is 1. The second kappa shape index (κ2) is 16.0. The molecular formula is C28H37N7O6. The van der Waals surface area contributed by atoms with Gasteiger partial charge in [0, 0.05) is 6.54 Å². The van der Waals surface area contributed by atoms with E-state index in [4.69, 9.17) is 19.9 Å². The van der Waals surface area contributed by atoms with Gasteiger partial charge in [-0.05, 0) is 54.8 Å². The van der Waals surface area contributed by atoms with Gasteiger partial charge in [0.1, 0.15) is 12.6 Å². The van der Waals surface area contributed by atoms with Crippen molar-refractivity contribution in [2.75, 3.05) is 26.4 Å². The van der Waals surface area contributed by atoms with E-state index in [9.17, 15) is 14.4 Å². The highest BCUT2D eigenvalue weighted by atomic mass is 16.5. The van der Waals surface area contributed by atoms with Crippen molar-refractivity contribution in [2.45, 2.75) is 51.4 Å². The van der Waals surface area contributed by atoms with Gasteiger partial charge >= 0.3 is 12.1 Å². The van der Waals surface area contributed by atoms with E-state index in [2.05, 4.69) is 26.2 Å². The molecule has 13 heteroatoms. The monoisotopic (exact) mass is 567 g/mol. The molecule has 2 amide bonds. The minimum Gasteiger partial charge on any atom is -0.462 e. The molecule has 2 aromatic carbocycles. The van der Waals surface area contributed by atoms with E-state index in [0.29, 0.717) is 37.4 Å². The molecule has 0 aliphatic heterocycles. The van der Waals surface area contributed by atoms with Crippen LogP contribution >= 0.6 is 0 Å². The largest absolute Gasteiger partial charge is 0.462 e. The Hall–Kier alpha value is -4.36. The van der Waals surface area contributed by atoms with Gasteiger partial charge in [0.25, 0.3) is 0 Å². The fourth-order valence-electron chi connectivity index (χ4n) is 3.53. The van der Waals surface area contributed by atoms with Crippen molar-refractivity contribution in [1.82, 2.24) is 30.8 Å². The number of amides is 2. The molecule has 0 aliphatic rings. The molecule has 0 bridgehead atoms.